The molecule has 198 valence electrons. The zero-order chi connectivity index (χ0) is 26.4. The van der Waals surface area contributed by atoms with Crippen molar-refractivity contribution in [3.8, 4) is 0 Å². The van der Waals surface area contributed by atoms with Crippen LogP contribution >= 0.6 is 0 Å². The smallest absolute Gasteiger partial charge is 0.311 e. The van der Waals surface area contributed by atoms with E-state index in [4.69, 9.17) is 33.2 Å². The Morgan fingerprint density at radius 2 is 1.51 bits per heavy atom. The summed E-state index contributed by atoms with van der Waals surface area (Å²) in [7, 11) is 0. The van der Waals surface area contributed by atoms with Gasteiger partial charge in [-0.05, 0) is 61.5 Å². The van der Waals surface area contributed by atoms with Crippen LogP contribution in [0.25, 0.3) is 0 Å². The van der Waals surface area contributed by atoms with E-state index >= 15 is 0 Å². The molecule has 0 amide bonds. The fourth-order valence-corrected chi connectivity index (χ4v) is 4.20. The molecule has 0 aromatic carbocycles. The molecule has 0 radical (unpaired) electrons. The van der Waals surface area contributed by atoms with Crippen molar-refractivity contribution in [2.45, 2.75) is 98.3 Å². The van der Waals surface area contributed by atoms with Crippen molar-refractivity contribution in [1.82, 2.24) is 0 Å². The lowest BCUT2D eigenvalue weighted by Gasteiger charge is -2.38. The lowest BCUT2D eigenvalue weighted by Crippen LogP contribution is -2.57. The number of fused-ring (bicyclic) bond motifs is 5. The summed E-state index contributed by atoms with van der Waals surface area (Å²) in [6.07, 6.45) is -1.00. The molecule has 0 spiro atoms. The molecular weight excluding hydrogens is 460 g/mol. The fraction of sp³-hybridized carbons (Fsp3) is 0.800. The molecule has 0 aromatic heterocycles. The Labute approximate surface area is 206 Å². The lowest BCUT2D eigenvalue weighted by atomic mass is 9.83. The molecule has 0 unspecified atom stereocenters. The van der Waals surface area contributed by atoms with Crippen LogP contribution in [0.5, 0.6) is 0 Å². The van der Waals surface area contributed by atoms with Gasteiger partial charge in [0.2, 0.25) is 0 Å². The highest BCUT2D eigenvalue weighted by molar-refractivity contribution is 5.76. The van der Waals surface area contributed by atoms with Gasteiger partial charge in [0.05, 0.1) is 10.8 Å². The highest BCUT2D eigenvalue weighted by Gasteiger charge is 2.73. The predicted octanol–water partition coefficient (Wildman–Crippen LogP) is 2.67. The van der Waals surface area contributed by atoms with Crippen LogP contribution in [0.2, 0.25) is 0 Å². The Kier molecular flexibility index (Phi) is 7.45. The third-order valence-electron chi connectivity index (χ3n) is 5.92. The number of carbonyl (C=O) groups is 3. The summed E-state index contributed by atoms with van der Waals surface area (Å²) >= 11 is 0. The molecule has 2 bridgehead atoms. The maximum absolute atomic E-state index is 12.6. The van der Waals surface area contributed by atoms with Crippen LogP contribution in [0.4, 0.5) is 0 Å². The first-order valence-corrected chi connectivity index (χ1v) is 11.8. The van der Waals surface area contributed by atoms with E-state index in [0.717, 1.165) is 0 Å². The number of hydrogen-bond donors (Lipinski definition) is 0. The van der Waals surface area contributed by atoms with Gasteiger partial charge in [-0.2, -0.15) is 0 Å². The van der Waals surface area contributed by atoms with Crippen LogP contribution in [0, 0.1) is 10.8 Å². The van der Waals surface area contributed by atoms with Crippen molar-refractivity contribution in [1.29, 1.82) is 0 Å². The van der Waals surface area contributed by atoms with E-state index < -0.39 is 58.8 Å². The third kappa shape index (κ3) is 5.71. The van der Waals surface area contributed by atoms with E-state index in [-0.39, 0.29) is 25.8 Å². The van der Waals surface area contributed by atoms with Gasteiger partial charge in [-0.15, -0.1) is 0 Å². The number of esters is 3. The highest BCUT2D eigenvalue weighted by atomic mass is 16.8. The Morgan fingerprint density at radius 1 is 0.914 bits per heavy atom. The summed E-state index contributed by atoms with van der Waals surface area (Å²) in [4.78, 5) is 36.2. The van der Waals surface area contributed by atoms with E-state index in [1.54, 1.807) is 61.5 Å². The standard InChI is InChI=1S/C25H38O10/c1-14(26)30-13-16-17-18-25(21(32-16)33-17,35-24(8,9)34-18)15(12-31-20(28)23(5,6)7)10-11-29-19(27)22(2,3)4/h10,16-18,21H,11-13H2,1-9H3/b15-10+/t16-,17+,18+,21+,25+/m1/s1. The molecule has 3 saturated heterocycles. The average molecular weight is 499 g/mol. The lowest BCUT2D eigenvalue weighted by molar-refractivity contribution is -0.219. The van der Waals surface area contributed by atoms with Gasteiger partial charge in [-0.1, -0.05) is 0 Å². The Hall–Kier alpha value is -2.01. The van der Waals surface area contributed by atoms with Crippen molar-refractivity contribution in [3.63, 3.8) is 0 Å². The molecule has 0 N–H and O–H groups in total. The first-order valence-electron chi connectivity index (χ1n) is 11.8. The monoisotopic (exact) mass is 498 g/mol. The topological polar surface area (TPSA) is 116 Å². The van der Waals surface area contributed by atoms with E-state index in [1.165, 1.54) is 6.92 Å². The Bertz CT molecular complexity index is 878. The van der Waals surface area contributed by atoms with Crippen LogP contribution in [0.1, 0.15) is 62.3 Å². The maximum Gasteiger partial charge on any atom is 0.311 e. The van der Waals surface area contributed by atoms with Crippen molar-refractivity contribution in [3.05, 3.63) is 11.6 Å². The summed E-state index contributed by atoms with van der Waals surface area (Å²) in [5.41, 5.74) is -2.13. The molecule has 0 saturated carbocycles. The van der Waals surface area contributed by atoms with Crippen molar-refractivity contribution in [2.75, 3.05) is 19.8 Å². The first kappa shape index (κ1) is 27.6. The molecule has 0 aliphatic carbocycles. The number of carbonyl (C=O) groups excluding carboxylic acids is 3. The SMILES string of the molecule is CC(=O)OC[C@H]1O[C@H]2O[C@@H]1[C@@H]1OC(C)(C)O[C@]21/C(=C/COC(=O)C(C)(C)C)COC(=O)C(C)(C)C. The molecule has 3 aliphatic heterocycles. The van der Waals surface area contributed by atoms with Gasteiger partial charge in [0.1, 0.15) is 38.1 Å². The Morgan fingerprint density at radius 3 is 2.09 bits per heavy atom. The molecular formula is C25H38O10. The molecule has 35 heavy (non-hydrogen) atoms. The summed E-state index contributed by atoms with van der Waals surface area (Å²) in [5.74, 6) is -2.21. The normalized spacial score (nSPS) is 31.7. The van der Waals surface area contributed by atoms with Crippen LogP contribution in [0.15, 0.2) is 11.6 Å². The van der Waals surface area contributed by atoms with Gasteiger partial charge < -0.3 is 33.2 Å². The minimum atomic E-state index is -1.24. The van der Waals surface area contributed by atoms with Gasteiger partial charge in [-0.25, -0.2) is 0 Å². The highest BCUT2D eigenvalue weighted by Crippen LogP contribution is 2.55. The average Bonchev–Trinajstić information content (AvgIpc) is 3.33. The maximum atomic E-state index is 12.6. The number of ether oxygens (including phenoxy) is 7. The van der Waals surface area contributed by atoms with Gasteiger partial charge in [0, 0.05) is 12.5 Å². The predicted molar refractivity (Wildman–Crippen MR) is 122 cm³/mol. The van der Waals surface area contributed by atoms with Crippen LogP contribution in [0.3, 0.4) is 0 Å². The van der Waals surface area contributed by atoms with Gasteiger partial charge >= 0.3 is 17.9 Å². The molecule has 3 fully saturated rings. The molecule has 3 heterocycles. The second-order valence-corrected chi connectivity index (χ2v) is 11.6. The number of hydrogen-bond acceptors (Lipinski definition) is 10. The van der Waals surface area contributed by atoms with Crippen molar-refractivity contribution in [2.24, 2.45) is 10.8 Å². The van der Waals surface area contributed by atoms with E-state index in [2.05, 4.69) is 0 Å². The third-order valence-corrected chi connectivity index (χ3v) is 5.92. The molecule has 3 aliphatic rings. The Balaban J connectivity index is 1.90. The van der Waals surface area contributed by atoms with E-state index in [9.17, 15) is 14.4 Å². The second kappa shape index (κ2) is 9.46. The second-order valence-electron chi connectivity index (χ2n) is 11.6. The molecule has 0 aromatic rings. The van der Waals surface area contributed by atoms with Crippen LogP contribution in [-0.4, -0.2) is 73.7 Å². The quantitative estimate of drug-likeness (QED) is 0.295. The zero-order valence-corrected chi connectivity index (χ0v) is 22.1. The van der Waals surface area contributed by atoms with Gasteiger partial charge in [0.25, 0.3) is 0 Å². The molecule has 5 atom stereocenters. The van der Waals surface area contributed by atoms with Crippen LogP contribution < -0.4 is 0 Å². The summed E-state index contributed by atoms with van der Waals surface area (Å²) < 4.78 is 40.9. The van der Waals surface area contributed by atoms with Crippen LogP contribution in [-0.2, 0) is 47.5 Å². The van der Waals surface area contributed by atoms with Gasteiger partial charge in [-0.3, -0.25) is 14.4 Å². The van der Waals surface area contributed by atoms with E-state index in [1.807, 2.05) is 0 Å². The number of rotatable bonds is 7. The van der Waals surface area contributed by atoms with Crippen molar-refractivity contribution >= 4 is 17.9 Å². The minimum absolute atomic E-state index is 0.00806. The largest absolute Gasteiger partial charge is 0.463 e. The van der Waals surface area contributed by atoms with Gasteiger partial charge in [0.15, 0.2) is 17.7 Å². The van der Waals surface area contributed by atoms with Crippen molar-refractivity contribution < 1.29 is 47.5 Å². The summed E-state index contributed by atoms with van der Waals surface area (Å²) in [6, 6.07) is 0. The molecule has 3 rings (SSSR count). The minimum Gasteiger partial charge on any atom is -0.463 e. The first-order chi connectivity index (χ1) is 16.0. The molecule has 10 nitrogen and oxygen atoms in total. The zero-order valence-electron chi connectivity index (χ0n) is 22.1. The summed E-state index contributed by atoms with van der Waals surface area (Å²) in [6.45, 7) is 15.2. The molecule has 10 heteroatoms. The van der Waals surface area contributed by atoms with E-state index in [0.29, 0.717) is 5.57 Å². The fourth-order valence-electron chi connectivity index (χ4n) is 4.20. The summed E-state index contributed by atoms with van der Waals surface area (Å²) in [5, 5.41) is 0.